The van der Waals surface area contributed by atoms with E-state index in [2.05, 4.69) is 6.07 Å². The highest BCUT2D eigenvalue weighted by molar-refractivity contribution is 7.16. The van der Waals surface area contributed by atoms with E-state index in [0.29, 0.717) is 13.0 Å². The number of ether oxygens (including phenoxy) is 1. The van der Waals surface area contributed by atoms with Gasteiger partial charge in [-0.15, -0.1) is 11.3 Å². The molecule has 21 heavy (non-hydrogen) atoms. The van der Waals surface area contributed by atoms with Gasteiger partial charge < -0.3 is 10.5 Å². The fraction of sp³-hybridized carbons (Fsp3) is 0.688. The van der Waals surface area contributed by atoms with Crippen LogP contribution in [0.4, 0.5) is 0 Å². The summed E-state index contributed by atoms with van der Waals surface area (Å²) in [4.78, 5) is 13.0. The fourth-order valence-electron chi connectivity index (χ4n) is 3.33. The Morgan fingerprint density at radius 3 is 2.71 bits per heavy atom. The zero-order valence-corrected chi connectivity index (χ0v) is 14.4. The molecule has 1 saturated carbocycles. The Balaban J connectivity index is 2.06. The number of carbonyl (C=O) groups excluding carboxylic acids is 1. The topological polar surface area (TPSA) is 52.3 Å². The Morgan fingerprint density at radius 2 is 2.19 bits per heavy atom. The number of carbonyl (C=O) groups is 1. The zero-order valence-electron chi connectivity index (χ0n) is 12.8. The van der Waals surface area contributed by atoms with Gasteiger partial charge in [0.05, 0.1) is 17.4 Å². The van der Waals surface area contributed by atoms with E-state index in [0.717, 1.165) is 34.0 Å². The molecule has 1 fully saturated rings. The molecular weight excluding hydrogens is 306 g/mol. The number of esters is 1. The first-order valence-electron chi connectivity index (χ1n) is 7.63. The van der Waals surface area contributed by atoms with E-state index < -0.39 is 0 Å². The maximum atomic E-state index is 11.9. The summed E-state index contributed by atoms with van der Waals surface area (Å²) in [5, 5.41) is 0. The summed E-state index contributed by atoms with van der Waals surface area (Å²) in [5.41, 5.74) is 7.48. The third kappa shape index (κ3) is 4.21. The highest BCUT2D eigenvalue weighted by atomic mass is 35.5. The third-order valence-electron chi connectivity index (χ3n) is 4.38. The van der Waals surface area contributed by atoms with Crippen molar-refractivity contribution in [3.8, 4) is 0 Å². The molecule has 1 heterocycles. The molecule has 0 spiro atoms. The van der Waals surface area contributed by atoms with Gasteiger partial charge in [0.15, 0.2) is 0 Å². The minimum absolute atomic E-state index is 0.00996. The van der Waals surface area contributed by atoms with Crippen LogP contribution in [0.2, 0.25) is 4.34 Å². The monoisotopic (exact) mass is 329 g/mol. The third-order valence-corrected chi connectivity index (χ3v) is 6.07. The summed E-state index contributed by atoms with van der Waals surface area (Å²) in [5.74, 6) is -0.0907. The molecule has 2 rings (SSSR count). The van der Waals surface area contributed by atoms with Crippen molar-refractivity contribution in [2.24, 2.45) is 11.1 Å². The van der Waals surface area contributed by atoms with Crippen molar-refractivity contribution < 1.29 is 9.53 Å². The molecule has 0 saturated heterocycles. The van der Waals surface area contributed by atoms with Crippen molar-refractivity contribution in [3.63, 3.8) is 0 Å². The van der Waals surface area contributed by atoms with Crippen molar-refractivity contribution in [1.29, 1.82) is 0 Å². The molecule has 3 nitrogen and oxygen atoms in total. The minimum Gasteiger partial charge on any atom is -0.466 e. The summed E-state index contributed by atoms with van der Waals surface area (Å²) >= 11 is 7.70. The predicted octanol–water partition coefficient (Wildman–Crippen LogP) is 4.61. The Bertz CT molecular complexity index is 475. The van der Waals surface area contributed by atoms with Crippen molar-refractivity contribution in [1.82, 2.24) is 0 Å². The summed E-state index contributed by atoms with van der Waals surface area (Å²) < 4.78 is 5.95. The normalized spacial score (nSPS) is 18.7. The van der Waals surface area contributed by atoms with Crippen LogP contribution in [-0.4, -0.2) is 12.6 Å². The maximum absolute atomic E-state index is 11.9. The Morgan fingerprint density at radius 1 is 1.52 bits per heavy atom. The second-order valence-electron chi connectivity index (χ2n) is 6.11. The van der Waals surface area contributed by atoms with Crippen molar-refractivity contribution >= 4 is 28.9 Å². The lowest BCUT2D eigenvalue weighted by Gasteiger charge is -2.30. The van der Waals surface area contributed by atoms with Gasteiger partial charge in [-0.2, -0.15) is 0 Å². The standard InChI is InChI=1S/C16H24ClNO2S/c1-3-20-14(19)10-16(6-4-5-7-16)9-12(18)13-8-11(2)15(17)21-13/h8,12H,3-7,9-10,18H2,1-2H3. The molecule has 0 aromatic carbocycles. The van der Waals surface area contributed by atoms with Gasteiger partial charge in [0.2, 0.25) is 0 Å². The van der Waals surface area contributed by atoms with Crippen molar-refractivity contribution in [2.45, 2.75) is 58.4 Å². The van der Waals surface area contributed by atoms with Crippen LogP contribution in [-0.2, 0) is 9.53 Å². The smallest absolute Gasteiger partial charge is 0.306 e. The predicted molar refractivity (Wildman–Crippen MR) is 87.8 cm³/mol. The molecule has 0 bridgehead atoms. The molecule has 1 aromatic rings. The largest absolute Gasteiger partial charge is 0.466 e. The van der Waals surface area contributed by atoms with Gasteiger partial charge in [0.1, 0.15) is 0 Å². The first-order valence-corrected chi connectivity index (χ1v) is 8.82. The lowest BCUT2D eigenvalue weighted by molar-refractivity contribution is -0.146. The molecule has 5 heteroatoms. The first-order chi connectivity index (χ1) is 9.96. The second-order valence-corrected chi connectivity index (χ2v) is 7.79. The van der Waals surface area contributed by atoms with Crippen molar-refractivity contribution in [2.75, 3.05) is 6.61 Å². The van der Waals surface area contributed by atoms with Crippen LogP contribution in [0.3, 0.4) is 0 Å². The molecule has 0 radical (unpaired) electrons. The molecule has 1 aliphatic rings. The first kappa shape index (κ1) is 16.8. The van der Waals surface area contributed by atoms with Gasteiger partial charge in [-0.3, -0.25) is 4.79 Å². The van der Waals surface area contributed by atoms with E-state index in [1.165, 1.54) is 12.8 Å². The highest BCUT2D eigenvalue weighted by Gasteiger charge is 2.38. The lowest BCUT2D eigenvalue weighted by atomic mass is 9.77. The Hall–Kier alpha value is -0.580. The SMILES string of the molecule is CCOC(=O)CC1(CC(N)c2cc(C)c(Cl)s2)CCCC1. The number of nitrogens with two attached hydrogens (primary N) is 1. The average Bonchev–Trinajstić information content (AvgIpc) is 2.98. The van der Waals surface area contributed by atoms with Gasteiger partial charge in [-0.1, -0.05) is 24.4 Å². The molecule has 0 aliphatic heterocycles. The number of aryl methyl sites for hydroxylation is 1. The summed E-state index contributed by atoms with van der Waals surface area (Å²) in [6, 6.07) is 2.03. The molecule has 0 amide bonds. The summed E-state index contributed by atoms with van der Waals surface area (Å²) in [6.45, 7) is 4.29. The van der Waals surface area contributed by atoms with Crippen LogP contribution in [0.25, 0.3) is 0 Å². The molecular formula is C16H24ClNO2S. The quantitative estimate of drug-likeness (QED) is 0.775. The number of halogens is 1. The van der Waals surface area contributed by atoms with Crippen LogP contribution in [0.5, 0.6) is 0 Å². The van der Waals surface area contributed by atoms with Crippen LogP contribution in [0, 0.1) is 12.3 Å². The van der Waals surface area contributed by atoms with Gasteiger partial charge >= 0.3 is 5.97 Å². The molecule has 1 aliphatic carbocycles. The summed E-state index contributed by atoms with van der Waals surface area (Å²) in [6.07, 6.45) is 5.82. The molecule has 118 valence electrons. The maximum Gasteiger partial charge on any atom is 0.306 e. The van der Waals surface area contributed by atoms with Crippen LogP contribution in [0.15, 0.2) is 6.07 Å². The number of thiophene rings is 1. The van der Waals surface area contributed by atoms with Gasteiger partial charge in [-0.05, 0) is 50.2 Å². The zero-order chi connectivity index (χ0) is 15.5. The number of rotatable bonds is 6. The molecule has 1 atom stereocenters. The van der Waals surface area contributed by atoms with Crippen LogP contribution >= 0.6 is 22.9 Å². The van der Waals surface area contributed by atoms with Crippen LogP contribution < -0.4 is 5.73 Å². The molecule has 2 N–H and O–H groups in total. The van der Waals surface area contributed by atoms with Crippen LogP contribution in [0.1, 0.15) is 61.9 Å². The Labute approximate surface area is 135 Å². The van der Waals surface area contributed by atoms with E-state index in [1.807, 2.05) is 13.8 Å². The second kappa shape index (κ2) is 7.12. The van der Waals surface area contributed by atoms with Gasteiger partial charge in [0.25, 0.3) is 0 Å². The van der Waals surface area contributed by atoms with Crippen molar-refractivity contribution in [3.05, 3.63) is 20.8 Å². The fourth-order valence-corrected chi connectivity index (χ4v) is 4.55. The van der Waals surface area contributed by atoms with Gasteiger partial charge in [0, 0.05) is 10.9 Å². The van der Waals surface area contributed by atoms with E-state index in [1.54, 1.807) is 11.3 Å². The molecule has 1 unspecified atom stereocenters. The molecule has 1 aromatic heterocycles. The number of hydrogen-bond acceptors (Lipinski definition) is 4. The summed E-state index contributed by atoms with van der Waals surface area (Å²) in [7, 11) is 0. The van der Waals surface area contributed by atoms with Gasteiger partial charge in [-0.25, -0.2) is 0 Å². The number of hydrogen-bond donors (Lipinski definition) is 1. The minimum atomic E-state index is -0.0907. The Kier molecular flexibility index (Phi) is 5.69. The lowest BCUT2D eigenvalue weighted by Crippen LogP contribution is -2.27. The van der Waals surface area contributed by atoms with E-state index in [9.17, 15) is 4.79 Å². The van der Waals surface area contributed by atoms with E-state index >= 15 is 0 Å². The van der Waals surface area contributed by atoms with E-state index in [4.69, 9.17) is 22.1 Å². The highest BCUT2D eigenvalue weighted by Crippen LogP contribution is 2.48. The average molecular weight is 330 g/mol. The van der Waals surface area contributed by atoms with E-state index in [-0.39, 0.29) is 17.4 Å².